The highest BCUT2D eigenvalue weighted by Gasteiger charge is 2.24. The minimum absolute atomic E-state index is 0.219. The third-order valence-corrected chi connectivity index (χ3v) is 4.85. The smallest absolute Gasteiger partial charge is 0.152 e. The van der Waals surface area contributed by atoms with Crippen LogP contribution in [0, 0.1) is 5.92 Å². The molecule has 0 spiro atoms. The lowest BCUT2D eigenvalue weighted by molar-refractivity contribution is -0.118. The highest BCUT2D eigenvalue weighted by atomic mass is 16.1. The Morgan fingerprint density at radius 2 is 2.31 bits per heavy atom. The second kappa shape index (κ2) is 7.15. The Morgan fingerprint density at radius 3 is 3.15 bits per heavy atom. The molecule has 1 unspecified atom stereocenters. The fraction of sp³-hybridized carbons (Fsp3) is 0.444. The molecule has 1 aliphatic rings. The molecule has 0 saturated carbocycles. The number of ketones is 1. The number of anilines is 2. The van der Waals surface area contributed by atoms with E-state index in [0.29, 0.717) is 18.9 Å². The van der Waals surface area contributed by atoms with E-state index in [1.165, 1.54) is 0 Å². The number of piperidine rings is 1. The molecule has 0 amide bonds. The van der Waals surface area contributed by atoms with Gasteiger partial charge in [-0.15, -0.1) is 0 Å². The van der Waals surface area contributed by atoms with Crippen molar-refractivity contribution in [2.45, 2.75) is 19.3 Å². The van der Waals surface area contributed by atoms with E-state index >= 15 is 0 Å². The molecule has 26 heavy (non-hydrogen) atoms. The zero-order valence-corrected chi connectivity index (χ0v) is 14.9. The topological polar surface area (TPSA) is 91.7 Å². The maximum atomic E-state index is 12.4. The van der Waals surface area contributed by atoms with E-state index in [0.717, 1.165) is 48.6 Å². The molecule has 3 aromatic rings. The quantitative estimate of drug-likeness (QED) is 0.704. The van der Waals surface area contributed by atoms with Crippen LogP contribution in [0.5, 0.6) is 0 Å². The number of nitrogens with zero attached hydrogens (tertiary/aromatic N) is 5. The average Bonchev–Trinajstić information content (AvgIpc) is 3.28. The van der Waals surface area contributed by atoms with Gasteiger partial charge in [0.15, 0.2) is 5.78 Å². The van der Waals surface area contributed by atoms with E-state index in [2.05, 4.69) is 30.3 Å². The van der Waals surface area contributed by atoms with Gasteiger partial charge in [-0.2, -0.15) is 5.10 Å². The molecule has 2 N–H and O–H groups in total. The van der Waals surface area contributed by atoms with Gasteiger partial charge in [-0.1, -0.05) is 0 Å². The number of fused-ring (bicyclic) bond motifs is 1. The lowest BCUT2D eigenvalue weighted by Gasteiger charge is -2.33. The number of aromatic amines is 1. The molecule has 0 aromatic carbocycles. The molecule has 1 fully saturated rings. The minimum Gasteiger partial charge on any atom is -0.362 e. The molecule has 0 aliphatic carbocycles. The summed E-state index contributed by atoms with van der Waals surface area (Å²) in [5.74, 6) is 2.27. The summed E-state index contributed by atoms with van der Waals surface area (Å²) in [5.41, 5.74) is 0.854. The summed E-state index contributed by atoms with van der Waals surface area (Å²) in [4.78, 5) is 26.5. The van der Waals surface area contributed by atoms with Crippen LogP contribution in [-0.2, 0) is 11.8 Å². The number of carbonyl (C=O) groups excluding carboxylic acids is 1. The highest BCUT2D eigenvalue weighted by molar-refractivity contribution is 5.87. The molecular weight excluding hydrogens is 330 g/mol. The predicted octanol–water partition coefficient (Wildman–Crippen LogP) is 1.98. The number of hydrogen-bond donors (Lipinski definition) is 2. The van der Waals surface area contributed by atoms with Crippen LogP contribution in [0.1, 0.15) is 19.3 Å². The number of carbonyl (C=O) groups is 1. The molecule has 1 aliphatic heterocycles. The van der Waals surface area contributed by atoms with Gasteiger partial charge in [-0.3, -0.25) is 9.48 Å². The second-order valence-corrected chi connectivity index (χ2v) is 6.86. The van der Waals surface area contributed by atoms with Crippen LogP contribution in [0.2, 0.25) is 0 Å². The SMILES string of the molecule is Cn1ccc(NCC(=O)CC2CCCN(c3ncnc4[nH]ccc34)C2)n1. The fourth-order valence-corrected chi connectivity index (χ4v) is 3.63. The molecule has 8 nitrogen and oxygen atoms in total. The van der Waals surface area contributed by atoms with Gasteiger partial charge in [-0.25, -0.2) is 9.97 Å². The van der Waals surface area contributed by atoms with Crippen LogP contribution in [0.4, 0.5) is 11.6 Å². The number of aryl methyl sites for hydroxylation is 1. The number of hydrogen-bond acceptors (Lipinski definition) is 6. The maximum Gasteiger partial charge on any atom is 0.152 e. The summed E-state index contributed by atoms with van der Waals surface area (Å²) in [5, 5.41) is 8.37. The van der Waals surface area contributed by atoms with E-state index in [1.807, 2.05) is 31.6 Å². The summed E-state index contributed by atoms with van der Waals surface area (Å²) in [7, 11) is 1.86. The lowest BCUT2D eigenvalue weighted by atomic mass is 9.92. The number of nitrogens with one attached hydrogen (secondary N) is 2. The molecule has 4 rings (SSSR count). The van der Waals surface area contributed by atoms with Crippen LogP contribution < -0.4 is 10.2 Å². The van der Waals surface area contributed by atoms with Gasteiger partial charge in [0.25, 0.3) is 0 Å². The van der Waals surface area contributed by atoms with Gasteiger partial charge >= 0.3 is 0 Å². The Hall–Kier alpha value is -2.90. The summed E-state index contributed by atoms with van der Waals surface area (Å²) in [6.07, 6.45) is 8.07. The van der Waals surface area contributed by atoms with E-state index in [1.54, 1.807) is 11.0 Å². The normalized spacial score (nSPS) is 17.6. The van der Waals surface area contributed by atoms with Crippen molar-refractivity contribution < 1.29 is 4.79 Å². The van der Waals surface area contributed by atoms with Crippen molar-refractivity contribution in [3.05, 3.63) is 30.9 Å². The van der Waals surface area contributed by atoms with Gasteiger partial charge in [-0.05, 0) is 24.8 Å². The van der Waals surface area contributed by atoms with Crippen molar-refractivity contribution in [1.29, 1.82) is 0 Å². The zero-order valence-electron chi connectivity index (χ0n) is 14.9. The molecule has 0 bridgehead atoms. The first kappa shape index (κ1) is 16.6. The summed E-state index contributed by atoms with van der Waals surface area (Å²) in [6, 6.07) is 3.88. The first-order valence-corrected chi connectivity index (χ1v) is 8.97. The summed E-state index contributed by atoms with van der Waals surface area (Å²) >= 11 is 0. The van der Waals surface area contributed by atoms with E-state index < -0.39 is 0 Å². The predicted molar refractivity (Wildman–Crippen MR) is 100 cm³/mol. The molecule has 1 saturated heterocycles. The van der Waals surface area contributed by atoms with Gasteiger partial charge in [0.2, 0.25) is 0 Å². The second-order valence-electron chi connectivity index (χ2n) is 6.86. The van der Waals surface area contributed by atoms with Crippen molar-refractivity contribution in [3.8, 4) is 0 Å². The molecule has 3 aromatic heterocycles. The summed E-state index contributed by atoms with van der Waals surface area (Å²) in [6.45, 7) is 2.14. The third-order valence-electron chi connectivity index (χ3n) is 4.85. The molecule has 136 valence electrons. The van der Waals surface area contributed by atoms with Crippen molar-refractivity contribution in [1.82, 2.24) is 24.7 Å². The Labute approximate surface area is 151 Å². The van der Waals surface area contributed by atoms with Gasteiger partial charge in [0, 0.05) is 45.0 Å². The van der Waals surface area contributed by atoms with E-state index in [-0.39, 0.29) is 5.78 Å². The van der Waals surface area contributed by atoms with E-state index in [4.69, 9.17) is 0 Å². The lowest BCUT2D eigenvalue weighted by Crippen LogP contribution is -2.37. The minimum atomic E-state index is 0.219. The Balaban J connectivity index is 1.36. The van der Waals surface area contributed by atoms with Crippen molar-refractivity contribution >= 4 is 28.5 Å². The van der Waals surface area contributed by atoms with E-state index in [9.17, 15) is 4.79 Å². The third kappa shape index (κ3) is 3.54. The van der Waals surface area contributed by atoms with Crippen LogP contribution in [-0.4, -0.2) is 50.1 Å². The summed E-state index contributed by atoms with van der Waals surface area (Å²) < 4.78 is 1.72. The first-order valence-electron chi connectivity index (χ1n) is 8.97. The number of H-pyrrole nitrogens is 1. The molecule has 4 heterocycles. The van der Waals surface area contributed by atoms with Crippen LogP contribution >= 0.6 is 0 Å². The largest absolute Gasteiger partial charge is 0.362 e. The number of rotatable bonds is 6. The molecule has 1 atom stereocenters. The molecular formula is C18H23N7O. The maximum absolute atomic E-state index is 12.4. The Morgan fingerprint density at radius 1 is 1.38 bits per heavy atom. The molecule has 0 radical (unpaired) electrons. The fourth-order valence-electron chi connectivity index (χ4n) is 3.63. The Kier molecular flexibility index (Phi) is 4.55. The van der Waals surface area contributed by atoms with Crippen LogP contribution in [0.3, 0.4) is 0 Å². The van der Waals surface area contributed by atoms with Crippen LogP contribution in [0.25, 0.3) is 11.0 Å². The monoisotopic (exact) mass is 353 g/mol. The standard InChI is InChI=1S/C18H23N7O/c1-24-8-5-16(23-24)20-10-14(26)9-13-3-2-7-25(11-13)18-15-4-6-19-17(15)21-12-22-18/h4-6,8,12-13H,2-3,7,9-11H2,1H3,(H,20,23)(H,19,21,22). The first-order chi connectivity index (χ1) is 12.7. The highest BCUT2D eigenvalue weighted by Crippen LogP contribution is 2.28. The van der Waals surface area contributed by atoms with Crippen LogP contribution in [0.15, 0.2) is 30.9 Å². The van der Waals surface area contributed by atoms with Crippen molar-refractivity contribution in [2.24, 2.45) is 13.0 Å². The van der Waals surface area contributed by atoms with Crippen molar-refractivity contribution in [2.75, 3.05) is 29.9 Å². The van der Waals surface area contributed by atoms with Gasteiger partial charge in [0.05, 0.1) is 11.9 Å². The number of aromatic nitrogens is 5. The Bertz CT molecular complexity index is 900. The molecule has 8 heteroatoms. The van der Waals surface area contributed by atoms with Crippen molar-refractivity contribution in [3.63, 3.8) is 0 Å². The van der Waals surface area contributed by atoms with Gasteiger partial charge < -0.3 is 15.2 Å². The van der Waals surface area contributed by atoms with Gasteiger partial charge in [0.1, 0.15) is 23.6 Å². The number of Topliss-reactive ketones (excluding diaryl/α,β-unsaturated/α-hetero) is 1. The zero-order chi connectivity index (χ0) is 17.9. The average molecular weight is 353 g/mol.